The molecule has 1 aromatic heterocycles. The molecule has 1 rings (SSSR count). The summed E-state index contributed by atoms with van der Waals surface area (Å²) in [7, 11) is 1.61. The molecule has 0 aliphatic heterocycles. The van der Waals surface area contributed by atoms with Gasteiger partial charge in [0.25, 0.3) is 0 Å². The Morgan fingerprint density at radius 2 is 2.11 bits per heavy atom. The number of hydrogen-bond donors (Lipinski definition) is 0. The van der Waals surface area contributed by atoms with Gasteiger partial charge in [-0.15, -0.1) is 0 Å². The van der Waals surface area contributed by atoms with Gasteiger partial charge >= 0.3 is 42.6 Å². The summed E-state index contributed by atoms with van der Waals surface area (Å²) < 4.78 is 11.0. The summed E-state index contributed by atoms with van der Waals surface area (Å²) in [6.45, 7) is 5.07. The van der Waals surface area contributed by atoms with E-state index in [1.54, 1.807) is 13.3 Å². The molecule has 0 aromatic carbocycles. The second-order valence-electron chi connectivity index (χ2n) is 4.03. The van der Waals surface area contributed by atoms with Crippen molar-refractivity contribution in [3.05, 3.63) is 28.0 Å². The van der Waals surface area contributed by atoms with Crippen LogP contribution in [0.2, 0.25) is 5.09 Å². The van der Waals surface area contributed by atoms with E-state index in [0.717, 1.165) is 15.6 Å². The number of rotatable bonds is 6. The molecule has 0 atom stereocenters. The molecule has 0 bridgehead atoms. The molecule has 1 aromatic rings. The molecule has 5 heteroatoms. The number of ether oxygens (including phenoxy) is 2. The van der Waals surface area contributed by atoms with Crippen LogP contribution in [0.5, 0.6) is 0 Å². The zero-order valence-electron chi connectivity index (χ0n) is 11.8. The predicted molar refractivity (Wildman–Crippen MR) is 78.8 cm³/mol. The molecule has 0 saturated heterocycles. The van der Waals surface area contributed by atoms with Crippen LogP contribution in [-0.2, 0) is 16.1 Å². The third kappa shape index (κ3) is 8.28. The molecule has 0 unspecified atom stereocenters. The second-order valence-corrected chi connectivity index (χ2v) is 4.88. The van der Waals surface area contributed by atoms with E-state index in [0.29, 0.717) is 13.4 Å². The molecule has 0 spiro atoms. The summed E-state index contributed by atoms with van der Waals surface area (Å²) in [4.78, 5) is 4.04. The zero-order chi connectivity index (χ0) is 13.8. The van der Waals surface area contributed by atoms with E-state index in [-0.39, 0.29) is 0 Å². The van der Waals surface area contributed by atoms with Gasteiger partial charge in [-0.25, -0.2) is 0 Å². The van der Waals surface area contributed by atoms with Crippen molar-refractivity contribution >= 4 is 33.6 Å². The summed E-state index contributed by atoms with van der Waals surface area (Å²) in [6.07, 6.45) is 6.31. The Kier molecular flexibility index (Phi) is 12.3. The molecule has 0 N–H and O–H groups in total. The Morgan fingerprint density at radius 3 is 2.56 bits per heavy atom. The predicted octanol–water partition coefficient (Wildman–Crippen LogP) is 3.65. The third-order valence-corrected chi connectivity index (χ3v) is 3.06. The molecule has 0 saturated carbocycles. The normalized spacial score (nSPS) is 9.89. The number of halogens is 1. The van der Waals surface area contributed by atoms with Crippen molar-refractivity contribution in [2.75, 3.05) is 13.9 Å². The van der Waals surface area contributed by atoms with Crippen LogP contribution >= 0.6 is 15.9 Å². The van der Waals surface area contributed by atoms with E-state index in [2.05, 4.69) is 45.6 Å². The Bertz CT molecular complexity index is 302. The van der Waals surface area contributed by atoms with Crippen LogP contribution < -0.4 is 0 Å². The van der Waals surface area contributed by atoms with Crippen molar-refractivity contribution < 1.29 is 9.47 Å². The van der Waals surface area contributed by atoms with Crippen LogP contribution in [0.1, 0.15) is 30.9 Å². The molecule has 98 valence electrons. The molecular weight excluding hydrogens is 289 g/mol. The summed E-state index contributed by atoms with van der Waals surface area (Å²) in [5.74, 6) is 0. The fourth-order valence-corrected chi connectivity index (χ4v) is 1.87. The molecule has 0 amide bonds. The van der Waals surface area contributed by atoms with Gasteiger partial charge in [-0.2, -0.15) is 0 Å². The van der Waals surface area contributed by atoms with Crippen molar-refractivity contribution in [2.24, 2.45) is 0 Å². The molecule has 3 nitrogen and oxygen atoms in total. The first-order valence-electron chi connectivity index (χ1n) is 6.32. The van der Waals surface area contributed by atoms with Crippen LogP contribution in [0.15, 0.2) is 16.9 Å². The van der Waals surface area contributed by atoms with Crippen molar-refractivity contribution in [3.8, 4) is 0 Å². The van der Waals surface area contributed by atoms with E-state index in [1.807, 2.05) is 13.1 Å². The van der Waals surface area contributed by atoms with Gasteiger partial charge in [-0.3, -0.25) is 4.98 Å². The van der Waals surface area contributed by atoms with Gasteiger partial charge < -0.3 is 9.47 Å². The van der Waals surface area contributed by atoms with E-state index in [1.165, 1.54) is 17.9 Å². The molecular formula is C13H21BrLiNO2. The van der Waals surface area contributed by atoms with Crippen LogP contribution in [0, 0.1) is 6.92 Å². The Hall–Kier alpha value is 0.147. The average molecular weight is 310 g/mol. The summed E-state index contributed by atoms with van der Waals surface area (Å²) in [6, 6.07) is 0. The van der Waals surface area contributed by atoms with Crippen LogP contribution in [-0.4, -0.2) is 36.6 Å². The zero-order valence-corrected chi connectivity index (χ0v) is 13.4. The number of unbranched alkanes of at least 4 members (excludes halogenated alkanes) is 1. The van der Waals surface area contributed by atoms with Crippen LogP contribution in [0.3, 0.4) is 0 Å². The topological polar surface area (TPSA) is 31.4 Å². The number of aromatic nitrogens is 1. The van der Waals surface area contributed by atoms with Gasteiger partial charge in [0.1, 0.15) is 6.79 Å². The maximum atomic E-state index is 5.25. The van der Waals surface area contributed by atoms with E-state index in [9.17, 15) is 0 Å². The standard InChI is InChI=1S/C9H12BrNO2.C4H9.Li/c1-7-3-11-4-9(10)8(7)5-13-6-12-2;1-3-4-2;/h3-4H,5-6H2,1-2H3;1,3-4H2,2H3;. The van der Waals surface area contributed by atoms with Crippen molar-refractivity contribution in [2.45, 2.75) is 38.4 Å². The second kappa shape index (κ2) is 12.2. The number of nitrogens with zero attached hydrogens (tertiary/aromatic N) is 1. The summed E-state index contributed by atoms with van der Waals surface area (Å²) in [5.41, 5.74) is 2.23. The molecule has 0 radical (unpaired) electrons. The van der Waals surface area contributed by atoms with Gasteiger partial charge in [-0.1, -0.05) is 0 Å². The van der Waals surface area contributed by atoms with E-state index >= 15 is 0 Å². The molecule has 0 aliphatic rings. The van der Waals surface area contributed by atoms with Gasteiger partial charge in [0.2, 0.25) is 0 Å². The van der Waals surface area contributed by atoms with E-state index in [4.69, 9.17) is 9.47 Å². The monoisotopic (exact) mass is 309 g/mol. The minimum absolute atomic E-state index is 0.314. The van der Waals surface area contributed by atoms with Gasteiger partial charge in [-0.05, 0) is 34.0 Å². The van der Waals surface area contributed by atoms with Gasteiger partial charge in [0, 0.05) is 24.0 Å². The van der Waals surface area contributed by atoms with Gasteiger partial charge in [0.05, 0.1) is 6.61 Å². The molecule has 1 heterocycles. The number of methoxy groups -OCH3 is 1. The Morgan fingerprint density at radius 1 is 1.39 bits per heavy atom. The summed E-state index contributed by atoms with van der Waals surface area (Å²) >= 11 is 5.63. The van der Waals surface area contributed by atoms with Crippen molar-refractivity contribution in [1.29, 1.82) is 0 Å². The van der Waals surface area contributed by atoms with Crippen LogP contribution in [0.4, 0.5) is 0 Å². The first-order chi connectivity index (χ1) is 8.67. The molecule has 0 fully saturated rings. The van der Waals surface area contributed by atoms with Crippen molar-refractivity contribution in [1.82, 2.24) is 4.98 Å². The third-order valence-electron chi connectivity index (χ3n) is 2.38. The number of hydrogen-bond acceptors (Lipinski definition) is 3. The van der Waals surface area contributed by atoms with Crippen molar-refractivity contribution in [3.63, 3.8) is 0 Å². The fraction of sp³-hybridized carbons (Fsp3) is 0.615. The first kappa shape index (κ1) is 18.1. The first-order valence-corrected chi connectivity index (χ1v) is 7.12. The quantitative estimate of drug-likeness (QED) is 0.457. The fourth-order valence-electron chi connectivity index (χ4n) is 1.32. The number of pyridine rings is 1. The minimum atomic E-state index is 0.314. The number of aryl methyl sites for hydroxylation is 1. The summed E-state index contributed by atoms with van der Waals surface area (Å²) in [5, 5.41) is 1.34. The maximum absolute atomic E-state index is 5.25. The Labute approximate surface area is 128 Å². The Balaban J connectivity index is 0.000000494. The SMILES string of the molecule is COCOCc1c(C)cncc1Br.[Li][CH2]CCC. The van der Waals surface area contributed by atoms with E-state index < -0.39 is 0 Å². The molecule has 18 heavy (non-hydrogen) atoms. The van der Waals surface area contributed by atoms with Gasteiger partial charge in [0.15, 0.2) is 0 Å². The van der Waals surface area contributed by atoms with Crippen LogP contribution in [0.25, 0.3) is 0 Å². The average Bonchev–Trinajstić information content (AvgIpc) is 2.35. The molecule has 0 aliphatic carbocycles.